The van der Waals surface area contributed by atoms with E-state index in [1.54, 1.807) is 7.11 Å². The zero-order valence-electron chi connectivity index (χ0n) is 20.6. The monoisotopic (exact) mass is 430 g/mol. The van der Waals surface area contributed by atoms with Crippen LogP contribution in [0.4, 0.5) is 4.39 Å². The molecule has 0 unspecified atom stereocenters. The van der Waals surface area contributed by atoms with Gasteiger partial charge >= 0.3 is 0 Å². The largest absolute Gasteiger partial charge is 0.385 e. The molecule has 30 heavy (non-hydrogen) atoms. The maximum atomic E-state index is 12.0. The smallest absolute Gasteiger partial charge is 0.0894 e. The third kappa shape index (κ3) is 27.8. The lowest BCUT2D eigenvalue weighted by atomic mass is 10.0. The zero-order valence-corrected chi connectivity index (χ0v) is 20.6. The number of rotatable bonds is 27. The van der Waals surface area contributed by atoms with Crippen molar-refractivity contribution < 1.29 is 13.9 Å². The van der Waals surface area contributed by atoms with E-state index in [-0.39, 0.29) is 6.67 Å². The van der Waals surface area contributed by atoms with E-state index in [1.807, 2.05) is 0 Å². The van der Waals surface area contributed by atoms with Crippen LogP contribution in [-0.4, -0.2) is 33.6 Å². The fourth-order valence-electron chi connectivity index (χ4n) is 4.03. The summed E-state index contributed by atoms with van der Waals surface area (Å²) in [6, 6.07) is 0. The number of hydrogen-bond acceptors (Lipinski definition) is 2. The number of halogens is 1. The molecule has 0 atom stereocenters. The molecule has 0 aliphatic carbocycles. The van der Waals surface area contributed by atoms with Gasteiger partial charge in [-0.3, -0.25) is 4.39 Å². The molecule has 0 heterocycles. The van der Waals surface area contributed by atoms with Gasteiger partial charge in [0.2, 0.25) is 0 Å². The number of ether oxygens (including phenoxy) is 2. The van der Waals surface area contributed by atoms with Crippen LogP contribution in [0.1, 0.15) is 141 Å². The summed E-state index contributed by atoms with van der Waals surface area (Å²) in [4.78, 5) is 0. The number of alkyl halides is 1. The first-order valence-electron chi connectivity index (χ1n) is 13.5. The van der Waals surface area contributed by atoms with E-state index in [2.05, 4.69) is 0 Å². The Kier molecular flexibility index (Phi) is 28.7. The van der Waals surface area contributed by atoms with E-state index >= 15 is 0 Å². The summed E-state index contributed by atoms with van der Waals surface area (Å²) in [5, 5.41) is 0. The van der Waals surface area contributed by atoms with Crippen LogP contribution < -0.4 is 0 Å². The number of hydrogen-bond donors (Lipinski definition) is 0. The van der Waals surface area contributed by atoms with Crippen molar-refractivity contribution in [2.75, 3.05) is 33.6 Å². The summed E-state index contributed by atoms with van der Waals surface area (Å²) >= 11 is 0. The first-order valence-corrected chi connectivity index (χ1v) is 13.5. The lowest BCUT2D eigenvalue weighted by Gasteiger charge is -2.05. The average Bonchev–Trinajstić information content (AvgIpc) is 2.76. The molecule has 0 radical (unpaired) electrons. The van der Waals surface area contributed by atoms with Gasteiger partial charge < -0.3 is 9.47 Å². The summed E-state index contributed by atoms with van der Waals surface area (Å²) in [5.74, 6) is 0. The second-order valence-electron chi connectivity index (χ2n) is 9.07. The first-order chi connectivity index (χ1) is 14.9. The Labute approximate surface area is 189 Å². The van der Waals surface area contributed by atoms with Gasteiger partial charge in [-0.1, -0.05) is 116 Å². The molecule has 0 fully saturated rings. The third-order valence-electron chi connectivity index (χ3n) is 6.06. The second-order valence-corrected chi connectivity index (χ2v) is 9.07. The Morgan fingerprint density at radius 1 is 0.367 bits per heavy atom. The van der Waals surface area contributed by atoms with Crippen LogP contribution in [0.3, 0.4) is 0 Å². The van der Waals surface area contributed by atoms with Gasteiger partial charge in [-0.25, -0.2) is 0 Å². The second kappa shape index (κ2) is 28.9. The lowest BCUT2D eigenvalue weighted by molar-refractivity contribution is 0.125. The topological polar surface area (TPSA) is 18.5 Å². The molecule has 3 heteroatoms. The van der Waals surface area contributed by atoms with E-state index < -0.39 is 0 Å². The van der Waals surface area contributed by atoms with Crippen molar-refractivity contribution >= 4 is 0 Å². The van der Waals surface area contributed by atoms with Gasteiger partial charge in [0, 0.05) is 26.9 Å². The van der Waals surface area contributed by atoms with Crippen LogP contribution in [0.25, 0.3) is 0 Å². The van der Waals surface area contributed by atoms with Crippen LogP contribution in [0.2, 0.25) is 0 Å². The van der Waals surface area contributed by atoms with Gasteiger partial charge in [-0.15, -0.1) is 0 Å². The average molecular weight is 431 g/mol. The molecule has 0 aromatic rings. The van der Waals surface area contributed by atoms with Crippen molar-refractivity contribution in [3.63, 3.8) is 0 Å². The van der Waals surface area contributed by atoms with Crippen molar-refractivity contribution in [3.8, 4) is 0 Å². The highest BCUT2D eigenvalue weighted by molar-refractivity contribution is 4.50. The number of unbranched alkanes of at least 4 members (excludes halogenated alkanes) is 20. The van der Waals surface area contributed by atoms with E-state index in [9.17, 15) is 4.39 Å². The highest BCUT2D eigenvalue weighted by Gasteiger charge is 1.96. The summed E-state index contributed by atoms with van der Waals surface area (Å²) in [7, 11) is 1.79. The molecule has 0 spiro atoms. The molecule has 0 aliphatic heterocycles. The van der Waals surface area contributed by atoms with E-state index in [0.29, 0.717) is 0 Å². The fourth-order valence-corrected chi connectivity index (χ4v) is 4.03. The molecule has 0 aromatic carbocycles. The number of methoxy groups -OCH3 is 1. The first kappa shape index (κ1) is 29.9. The minimum absolute atomic E-state index is 0.145. The van der Waals surface area contributed by atoms with Gasteiger partial charge in [0.1, 0.15) is 0 Å². The predicted molar refractivity (Wildman–Crippen MR) is 130 cm³/mol. The minimum atomic E-state index is -0.145. The van der Waals surface area contributed by atoms with Crippen LogP contribution in [0.5, 0.6) is 0 Å². The summed E-state index contributed by atoms with van der Waals surface area (Å²) < 4.78 is 22.8. The fraction of sp³-hybridized carbons (Fsp3) is 1.00. The van der Waals surface area contributed by atoms with E-state index in [4.69, 9.17) is 9.47 Å². The Hall–Kier alpha value is -0.150. The standard InChI is InChI=1S/C27H55FO2/c1-29-25-21-17-13-9-6-4-2-3-5-7-10-14-18-22-26-30-27-23-19-15-11-8-12-16-20-24-28/h2-27H2,1H3. The summed E-state index contributed by atoms with van der Waals surface area (Å²) in [5.41, 5.74) is 0. The van der Waals surface area contributed by atoms with Crippen molar-refractivity contribution in [2.24, 2.45) is 0 Å². The van der Waals surface area contributed by atoms with Crippen LogP contribution in [0, 0.1) is 0 Å². The molecule has 0 aliphatic rings. The quantitative estimate of drug-likeness (QED) is 0.121. The molecule has 0 rings (SSSR count). The molecule has 0 saturated heterocycles. The molecular formula is C27H55FO2. The Bertz CT molecular complexity index is 258. The highest BCUT2D eigenvalue weighted by atomic mass is 19.1. The maximum Gasteiger partial charge on any atom is 0.0894 e. The normalized spacial score (nSPS) is 11.4. The molecule has 0 N–H and O–H groups in total. The Balaban J connectivity index is 2.97. The molecule has 0 aromatic heterocycles. The van der Waals surface area contributed by atoms with E-state index in [0.717, 1.165) is 32.7 Å². The zero-order chi connectivity index (χ0) is 21.8. The molecular weight excluding hydrogens is 375 g/mol. The SMILES string of the molecule is COCCCCCCCCCCCCCCCCOCCCCCCCCCCF. The van der Waals surface area contributed by atoms with Gasteiger partial charge in [0.25, 0.3) is 0 Å². The van der Waals surface area contributed by atoms with Crippen molar-refractivity contribution in [1.82, 2.24) is 0 Å². The third-order valence-corrected chi connectivity index (χ3v) is 6.06. The summed E-state index contributed by atoms with van der Waals surface area (Å²) in [6.07, 6.45) is 28.7. The summed E-state index contributed by atoms with van der Waals surface area (Å²) in [6.45, 7) is 2.68. The van der Waals surface area contributed by atoms with Crippen molar-refractivity contribution in [3.05, 3.63) is 0 Å². The van der Waals surface area contributed by atoms with Gasteiger partial charge in [-0.2, -0.15) is 0 Å². The van der Waals surface area contributed by atoms with Crippen molar-refractivity contribution in [2.45, 2.75) is 141 Å². The van der Waals surface area contributed by atoms with E-state index in [1.165, 1.54) is 128 Å². The lowest BCUT2D eigenvalue weighted by Crippen LogP contribution is -1.97. The van der Waals surface area contributed by atoms with Gasteiger partial charge in [0.15, 0.2) is 0 Å². The van der Waals surface area contributed by atoms with Gasteiger partial charge in [-0.05, 0) is 25.7 Å². The van der Waals surface area contributed by atoms with Crippen LogP contribution in [0.15, 0.2) is 0 Å². The van der Waals surface area contributed by atoms with Crippen molar-refractivity contribution in [1.29, 1.82) is 0 Å². The minimum Gasteiger partial charge on any atom is -0.385 e. The molecule has 2 nitrogen and oxygen atoms in total. The molecule has 182 valence electrons. The Morgan fingerprint density at radius 2 is 0.633 bits per heavy atom. The molecule has 0 amide bonds. The molecule has 0 saturated carbocycles. The van der Waals surface area contributed by atoms with Crippen LogP contribution in [-0.2, 0) is 9.47 Å². The predicted octanol–water partition coefficient (Wildman–Crippen LogP) is 9.20. The maximum absolute atomic E-state index is 12.0. The highest BCUT2D eigenvalue weighted by Crippen LogP contribution is 2.13. The van der Waals surface area contributed by atoms with Crippen LogP contribution >= 0.6 is 0 Å². The molecule has 0 bridgehead atoms. The van der Waals surface area contributed by atoms with Gasteiger partial charge in [0.05, 0.1) is 6.67 Å². The Morgan fingerprint density at radius 3 is 0.933 bits per heavy atom.